The van der Waals surface area contributed by atoms with E-state index < -0.39 is 10.0 Å². The number of hydrogen-bond acceptors (Lipinski definition) is 4. The van der Waals surface area contributed by atoms with Crippen molar-refractivity contribution < 1.29 is 8.42 Å². The number of imidazole rings is 1. The quantitative estimate of drug-likeness (QED) is 0.547. The van der Waals surface area contributed by atoms with Crippen LogP contribution in [0, 0.1) is 11.3 Å². The summed E-state index contributed by atoms with van der Waals surface area (Å²) < 4.78 is 28.6. The lowest BCUT2D eigenvalue weighted by Gasteiger charge is -2.18. The number of rotatable bonds is 7. The molecule has 0 bridgehead atoms. The van der Waals surface area contributed by atoms with Crippen LogP contribution in [0.1, 0.15) is 22.5 Å². The van der Waals surface area contributed by atoms with Crippen LogP contribution in [0.2, 0.25) is 5.02 Å². The molecule has 0 spiro atoms. The number of sulfonamides is 1. The summed E-state index contributed by atoms with van der Waals surface area (Å²) in [5, 5.41) is 9.40. The summed E-state index contributed by atoms with van der Waals surface area (Å²) in [5.74, 6) is 0.516. The molecule has 0 saturated heterocycles. The van der Waals surface area contributed by atoms with Gasteiger partial charge in [0, 0.05) is 31.0 Å². The van der Waals surface area contributed by atoms with Gasteiger partial charge >= 0.3 is 0 Å². The van der Waals surface area contributed by atoms with Crippen molar-refractivity contribution in [1.82, 2.24) is 13.9 Å². The van der Waals surface area contributed by atoms with E-state index in [2.05, 4.69) is 11.1 Å². The van der Waals surface area contributed by atoms with Crippen LogP contribution < -0.4 is 0 Å². The average Bonchev–Trinajstić information content (AvgIpc) is 3.08. The van der Waals surface area contributed by atoms with E-state index in [1.807, 2.05) is 22.9 Å². The van der Waals surface area contributed by atoms with Crippen molar-refractivity contribution in [2.75, 3.05) is 7.05 Å². The molecular weight excluding hydrogens is 431 g/mol. The highest BCUT2D eigenvalue weighted by Crippen LogP contribution is 2.16. The van der Waals surface area contributed by atoms with E-state index in [0.29, 0.717) is 28.5 Å². The minimum absolute atomic E-state index is 0. The molecule has 0 atom stereocenters. The Morgan fingerprint density at radius 2 is 1.90 bits per heavy atom. The zero-order chi connectivity index (χ0) is 20.1. The Hall–Kier alpha value is -2.37. The Labute approximate surface area is 181 Å². The van der Waals surface area contributed by atoms with Crippen LogP contribution in [-0.2, 0) is 28.9 Å². The van der Waals surface area contributed by atoms with E-state index in [9.17, 15) is 8.42 Å². The van der Waals surface area contributed by atoms with Gasteiger partial charge in [0.25, 0.3) is 0 Å². The Balaban J connectivity index is 0.00000300. The summed E-state index contributed by atoms with van der Waals surface area (Å²) in [5.41, 5.74) is 2.24. The van der Waals surface area contributed by atoms with Gasteiger partial charge in [-0.25, -0.2) is 13.4 Å². The third-order valence-electron chi connectivity index (χ3n) is 4.31. The molecule has 9 heteroatoms. The summed E-state index contributed by atoms with van der Waals surface area (Å²) in [7, 11) is -1.98. The summed E-state index contributed by atoms with van der Waals surface area (Å²) in [6.45, 7) is 0.704. The van der Waals surface area contributed by atoms with Gasteiger partial charge in [0.15, 0.2) is 0 Å². The van der Waals surface area contributed by atoms with Crippen molar-refractivity contribution in [3.05, 3.63) is 88.5 Å². The molecule has 6 nitrogen and oxygen atoms in total. The molecule has 152 valence electrons. The zero-order valence-electron chi connectivity index (χ0n) is 15.7. The zero-order valence-corrected chi connectivity index (χ0v) is 18.1. The summed E-state index contributed by atoms with van der Waals surface area (Å²) in [4.78, 5) is 4.30. The first-order chi connectivity index (χ1) is 13.4. The van der Waals surface area contributed by atoms with Gasteiger partial charge in [-0.2, -0.15) is 9.57 Å². The molecule has 1 aromatic heterocycles. The van der Waals surface area contributed by atoms with Gasteiger partial charge in [-0.3, -0.25) is 0 Å². The minimum Gasteiger partial charge on any atom is -0.329 e. The number of halogens is 2. The topological polar surface area (TPSA) is 79.0 Å². The molecule has 0 amide bonds. The highest BCUT2D eigenvalue weighted by molar-refractivity contribution is 7.88. The predicted octanol–water partition coefficient (Wildman–Crippen LogP) is 3.84. The van der Waals surface area contributed by atoms with Crippen molar-refractivity contribution in [2.24, 2.45) is 0 Å². The van der Waals surface area contributed by atoms with Crippen molar-refractivity contribution in [3.8, 4) is 6.07 Å². The fourth-order valence-electron chi connectivity index (χ4n) is 2.76. The van der Waals surface area contributed by atoms with E-state index in [4.69, 9.17) is 16.9 Å². The Bertz CT molecular complexity index is 1110. The number of nitriles is 1. The van der Waals surface area contributed by atoms with Crippen LogP contribution in [0.5, 0.6) is 0 Å². The predicted molar refractivity (Wildman–Crippen MR) is 115 cm³/mol. The first kappa shape index (κ1) is 22.9. The fraction of sp³-hybridized carbons (Fsp3) is 0.200. The molecule has 0 unspecified atom stereocenters. The number of hydrogen-bond donors (Lipinski definition) is 0. The lowest BCUT2D eigenvalue weighted by molar-refractivity contribution is 0.448. The first-order valence-corrected chi connectivity index (χ1v) is 10.5. The molecule has 1 heterocycles. The van der Waals surface area contributed by atoms with Crippen LogP contribution in [0.15, 0.2) is 60.9 Å². The molecular formula is C20H20Cl2N4O2S. The minimum atomic E-state index is -3.52. The van der Waals surface area contributed by atoms with Gasteiger partial charge in [0.05, 0.1) is 23.9 Å². The Morgan fingerprint density at radius 1 is 1.17 bits per heavy atom. The largest absolute Gasteiger partial charge is 0.329 e. The maximum absolute atomic E-state index is 12.7. The van der Waals surface area contributed by atoms with Crippen molar-refractivity contribution >= 4 is 34.0 Å². The van der Waals surface area contributed by atoms with Crippen molar-refractivity contribution in [1.29, 1.82) is 5.26 Å². The average molecular weight is 451 g/mol. The van der Waals surface area contributed by atoms with Crippen molar-refractivity contribution in [2.45, 2.75) is 18.8 Å². The Kier molecular flexibility index (Phi) is 7.82. The number of nitrogens with zero attached hydrogens (tertiary/aromatic N) is 4. The van der Waals surface area contributed by atoms with Crippen LogP contribution in [0.3, 0.4) is 0 Å². The van der Waals surface area contributed by atoms with E-state index in [0.717, 1.165) is 5.56 Å². The molecule has 0 radical (unpaired) electrons. The SMILES string of the molecule is CN(Cc1nccn1Cc1ccc(C#N)cc1)S(=O)(=O)Cc1cccc(Cl)c1.Cl. The van der Waals surface area contributed by atoms with Gasteiger partial charge in [-0.05, 0) is 35.4 Å². The highest BCUT2D eigenvalue weighted by atomic mass is 35.5. The molecule has 29 heavy (non-hydrogen) atoms. The van der Waals surface area contributed by atoms with Gasteiger partial charge < -0.3 is 4.57 Å². The second-order valence-electron chi connectivity index (χ2n) is 6.42. The highest BCUT2D eigenvalue weighted by Gasteiger charge is 2.20. The standard InChI is InChI=1S/C20H19ClN4O2S.ClH/c1-24(28(26,27)15-18-3-2-4-19(21)11-18)14-20-23-9-10-25(20)13-17-7-5-16(12-22)6-8-17;/h2-11H,13-15H2,1H3;1H. The summed E-state index contributed by atoms with van der Waals surface area (Å²) >= 11 is 5.95. The monoisotopic (exact) mass is 450 g/mol. The van der Waals surface area contributed by atoms with Crippen LogP contribution in [0.4, 0.5) is 0 Å². The lowest BCUT2D eigenvalue weighted by atomic mass is 10.1. The molecule has 0 N–H and O–H groups in total. The van der Waals surface area contributed by atoms with Crippen molar-refractivity contribution in [3.63, 3.8) is 0 Å². The molecule has 0 aliphatic carbocycles. The normalized spacial score (nSPS) is 11.1. The van der Waals surface area contributed by atoms with Crippen LogP contribution >= 0.6 is 24.0 Å². The van der Waals surface area contributed by atoms with E-state index in [1.54, 1.807) is 49.6 Å². The second-order valence-corrected chi connectivity index (χ2v) is 8.93. The summed E-state index contributed by atoms with van der Waals surface area (Å²) in [6, 6.07) is 16.2. The third-order valence-corrected chi connectivity index (χ3v) is 6.33. The molecule has 0 aliphatic heterocycles. The van der Waals surface area contributed by atoms with Gasteiger partial charge in [0.2, 0.25) is 10.0 Å². The molecule has 3 rings (SSSR count). The first-order valence-electron chi connectivity index (χ1n) is 8.55. The smallest absolute Gasteiger partial charge is 0.218 e. The van der Waals surface area contributed by atoms with E-state index >= 15 is 0 Å². The van der Waals surface area contributed by atoms with Gasteiger partial charge in [0.1, 0.15) is 5.82 Å². The van der Waals surface area contributed by atoms with Gasteiger partial charge in [-0.15, -0.1) is 12.4 Å². The lowest BCUT2D eigenvalue weighted by Crippen LogP contribution is -2.29. The summed E-state index contributed by atoms with van der Waals surface area (Å²) in [6.07, 6.45) is 3.46. The molecule has 0 aliphatic rings. The molecule has 0 fully saturated rings. The van der Waals surface area contributed by atoms with Crippen LogP contribution in [-0.4, -0.2) is 29.3 Å². The van der Waals surface area contributed by atoms with Gasteiger partial charge in [-0.1, -0.05) is 35.9 Å². The molecule has 0 saturated carbocycles. The second kappa shape index (κ2) is 9.90. The maximum atomic E-state index is 12.7. The maximum Gasteiger partial charge on any atom is 0.218 e. The fourth-order valence-corrected chi connectivity index (χ4v) is 4.11. The number of benzene rings is 2. The Morgan fingerprint density at radius 3 is 2.55 bits per heavy atom. The van der Waals surface area contributed by atoms with E-state index in [1.165, 1.54) is 4.31 Å². The number of aromatic nitrogens is 2. The van der Waals surface area contributed by atoms with Crippen LogP contribution in [0.25, 0.3) is 0 Å². The van der Waals surface area contributed by atoms with E-state index in [-0.39, 0.29) is 24.7 Å². The molecule has 2 aromatic carbocycles. The third kappa shape index (κ3) is 6.05. The molecule has 3 aromatic rings.